The molecule has 2 amide bonds. The van der Waals surface area contributed by atoms with E-state index >= 15 is 0 Å². The molecule has 0 aliphatic rings. The first-order valence-corrected chi connectivity index (χ1v) is 14.0. The van der Waals surface area contributed by atoms with Crippen molar-refractivity contribution in [1.29, 1.82) is 0 Å². The molecule has 0 aliphatic heterocycles. The lowest BCUT2D eigenvalue weighted by Gasteiger charge is -2.19. The molecule has 218 valence electrons. The number of anilines is 2. The smallest absolute Gasteiger partial charge is 0.255 e. The van der Waals surface area contributed by atoms with E-state index in [0.717, 1.165) is 22.3 Å². The third-order valence-corrected chi connectivity index (χ3v) is 7.26. The fourth-order valence-corrected chi connectivity index (χ4v) is 4.58. The fourth-order valence-electron chi connectivity index (χ4n) is 4.58. The second-order valence-corrected chi connectivity index (χ2v) is 12.4. The zero-order valence-corrected chi connectivity index (χ0v) is 25.7. The SMILES string of the molecule is COc1cc(-c2ccc(NC(=O)c3ccc(C(C)(C)C)cc3)c(OC)c2)ccc1NC(=O)c1ccc(C(C)(C)C)cc1. The van der Waals surface area contributed by atoms with Gasteiger partial charge in [0.2, 0.25) is 0 Å². The van der Waals surface area contributed by atoms with Crippen LogP contribution in [0.2, 0.25) is 0 Å². The van der Waals surface area contributed by atoms with Crippen LogP contribution in [-0.2, 0) is 10.8 Å². The minimum atomic E-state index is -0.212. The molecule has 0 bridgehead atoms. The summed E-state index contributed by atoms with van der Waals surface area (Å²) in [6.45, 7) is 12.8. The van der Waals surface area contributed by atoms with E-state index in [2.05, 4.69) is 52.2 Å². The first-order valence-electron chi connectivity index (χ1n) is 14.0. The van der Waals surface area contributed by atoms with Crippen LogP contribution in [0.15, 0.2) is 84.9 Å². The molecular weight excluding hydrogens is 524 g/mol. The minimum Gasteiger partial charge on any atom is -0.495 e. The summed E-state index contributed by atoms with van der Waals surface area (Å²) in [5.41, 5.74) is 6.37. The number of ether oxygens (including phenoxy) is 2. The van der Waals surface area contributed by atoms with Crippen LogP contribution in [0.25, 0.3) is 11.1 Å². The van der Waals surface area contributed by atoms with Crippen LogP contribution in [0, 0.1) is 0 Å². The van der Waals surface area contributed by atoms with E-state index < -0.39 is 0 Å². The van der Waals surface area contributed by atoms with E-state index in [4.69, 9.17) is 9.47 Å². The van der Waals surface area contributed by atoms with Crippen molar-refractivity contribution in [3.05, 3.63) is 107 Å². The second kappa shape index (κ2) is 12.1. The first kappa shape index (κ1) is 30.4. The van der Waals surface area contributed by atoms with Crippen molar-refractivity contribution in [2.45, 2.75) is 52.4 Å². The summed E-state index contributed by atoms with van der Waals surface area (Å²) in [4.78, 5) is 25.9. The Morgan fingerprint density at radius 2 is 0.857 bits per heavy atom. The number of rotatable bonds is 7. The highest BCUT2D eigenvalue weighted by Crippen LogP contribution is 2.35. The van der Waals surface area contributed by atoms with Gasteiger partial charge in [0.05, 0.1) is 25.6 Å². The van der Waals surface area contributed by atoms with Crippen molar-refractivity contribution in [1.82, 2.24) is 0 Å². The molecule has 0 fully saturated rings. The van der Waals surface area contributed by atoms with Crippen molar-refractivity contribution < 1.29 is 19.1 Å². The molecule has 0 aromatic heterocycles. The van der Waals surface area contributed by atoms with Crippen LogP contribution in [-0.4, -0.2) is 26.0 Å². The number of amides is 2. The number of carbonyl (C=O) groups is 2. The normalized spacial score (nSPS) is 11.5. The molecule has 0 unspecified atom stereocenters. The zero-order chi connectivity index (χ0) is 30.7. The van der Waals surface area contributed by atoms with Crippen molar-refractivity contribution >= 4 is 23.2 Å². The molecule has 6 nitrogen and oxygen atoms in total. The molecule has 6 heteroatoms. The molecule has 4 rings (SSSR count). The number of benzene rings is 4. The molecule has 0 saturated heterocycles. The number of hydrogen-bond donors (Lipinski definition) is 2. The van der Waals surface area contributed by atoms with Gasteiger partial charge in [-0.2, -0.15) is 0 Å². The molecule has 0 radical (unpaired) electrons. The van der Waals surface area contributed by atoms with E-state index in [1.165, 1.54) is 0 Å². The summed E-state index contributed by atoms with van der Waals surface area (Å²) in [5.74, 6) is 0.636. The second-order valence-electron chi connectivity index (χ2n) is 12.4. The fraction of sp³-hybridized carbons (Fsp3) is 0.278. The standard InChI is InChI=1S/C36H40N2O4/c1-35(2,3)27-15-9-23(10-16-27)33(39)37-29-19-13-25(21-31(29)41-7)26-14-20-30(32(22-26)42-8)38-34(40)24-11-17-28(18-12-24)36(4,5)6/h9-22H,1-8H3,(H,37,39)(H,38,40). The highest BCUT2D eigenvalue weighted by molar-refractivity contribution is 6.06. The third kappa shape index (κ3) is 7.00. The van der Waals surface area contributed by atoms with E-state index in [0.29, 0.717) is 34.0 Å². The van der Waals surface area contributed by atoms with E-state index in [-0.39, 0.29) is 22.6 Å². The van der Waals surface area contributed by atoms with Gasteiger partial charge in [0.25, 0.3) is 11.8 Å². The van der Waals surface area contributed by atoms with Gasteiger partial charge in [-0.3, -0.25) is 9.59 Å². The molecule has 0 heterocycles. The van der Waals surface area contributed by atoms with Crippen LogP contribution >= 0.6 is 0 Å². The van der Waals surface area contributed by atoms with Gasteiger partial charge in [-0.15, -0.1) is 0 Å². The Morgan fingerprint density at radius 1 is 0.524 bits per heavy atom. The Labute approximate surface area is 249 Å². The average molecular weight is 565 g/mol. The highest BCUT2D eigenvalue weighted by atomic mass is 16.5. The molecule has 0 spiro atoms. The van der Waals surface area contributed by atoms with Crippen LogP contribution < -0.4 is 20.1 Å². The average Bonchev–Trinajstić information content (AvgIpc) is 2.96. The van der Waals surface area contributed by atoms with Gasteiger partial charge >= 0.3 is 0 Å². The minimum absolute atomic E-state index is 0.0128. The van der Waals surface area contributed by atoms with Crippen molar-refractivity contribution in [2.75, 3.05) is 24.9 Å². The summed E-state index contributed by atoms with van der Waals surface area (Å²) in [6.07, 6.45) is 0. The number of methoxy groups -OCH3 is 2. The van der Waals surface area contributed by atoms with Gasteiger partial charge in [0.15, 0.2) is 0 Å². The van der Waals surface area contributed by atoms with Crippen LogP contribution in [0.5, 0.6) is 11.5 Å². The predicted molar refractivity (Wildman–Crippen MR) is 171 cm³/mol. The highest BCUT2D eigenvalue weighted by Gasteiger charge is 2.18. The van der Waals surface area contributed by atoms with Gasteiger partial charge in [-0.05, 0) is 81.6 Å². The summed E-state index contributed by atoms with van der Waals surface area (Å²) < 4.78 is 11.2. The van der Waals surface area contributed by atoms with Gasteiger partial charge in [-0.25, -0.2) is 0 Å². The monoisotopic (exact) mass is 564 g/mol. The van der Waals surface area contributed by atoms with E-state index in [1.807, 2.05) is 84.9 Å². The van der Waals surface area contributed by atoms with Gasteiger partial charge < -0.3 is 20.1 Å². The predicted octanol–water partition coefficient (Wildman–Crippen LogP) is 8.47. The topological polar surface area (TPSA) is 76.7 Å². The van der Waals surface area contributed by atoms with Crippen LogP contribution in [0.4, 0.5) is 11.4 Å². The summed E-state index contributed by atoms with van der Waals surface area (Å²) in [6, 6.07) is 26.5. The number of carbonyl (C=O) groups excluding carboxylic acids is 2. The maximum absolute atomic E-state index is 13.0. The maximum atomic E-state index is 13.0. The molecular formula is C36H40N2O4. The van der Waals surface area contributed by atoms with Crippen molar-refractivity contribution in [3.63, 3.8) is 0 Å². The van der Waals surface area contributed by atoms with Gasteiger partial charge in [-0.1, -0.05) is 77.9 Å². The van der Waals surface area contributed by atoms with Crippen molar-refractivity contribution in [2.24, 2.45) is 0 Å². The largest absolute Gasteiger partial charge is 0.495 e. The maximum Gasteiger partial charge on any atom is 0.255 e. The zero-order valence-electron chi connectivity index (χ0n) is 25.7. The Kier molecular flexibility index (Phi) is 8.76. The first-order chi connectivity index (χ1) is 19.8. The summed E-state index contributed by atoms with van der Waals surface area (Å²) in [5, 5.41) is 5.92. The number of nitrogens with one attached hydrogen (secondary N) is 2. The summed E-state index contributed by atoms with van der Waals surface area (Å²) >= 11 is 0. The van der Waals surface area contributed by atoms with Crippen LogP contribution in [0.1, 0.15) is 73.4 Å². The van der Waals surface area contributed by atoms with Crippen molar-refractivity contribution in [3.8, 4) is 22.6 Å². The van der Waals surface area contributed by atoms with E-state index in [9.17, 15) is 9.59 Å². The molecule has 4 aromatic rings. The third-order valence-electron chi connectivity index (χ3n) is 7.26. The molecule has 4 aromatic carbocycles. The Balaban J connectivity index is 1.51. The van der Waals surface area contributed by atoms with Gasteiger partial charge in [0.1, 0.15) is 11.5 Å². The number of hydrogen-bond acceptors (Lipinski definition) is 4. The Bertz CT molecular complexity index is 1450. The lowest BCUT2D eigenvalue weighted by molar-refractivity contribution is 0.101. The lowest BCUT2D eigenvalue weighted by Crippen LogP contribution is -2.15. The molecule has 0 atom stereocenters. The van der Waals surface area contributed by atoms with E-state index in [1.54, 1.807) is 14.2 Å². The van der Waals surface area contributed by atoms with Gasteiger partial charge in [0, 0.05) is 11.1 Å². The quantitative estimate of drug-likeness (QED) is 0.236. The van der Waals surface area contributed by atoms with Crippen LogP contribution in [0.3, 0.4) is 0 Å². The molecule has 0 saturated carbocycles. The molecule has 42 heavy (non-hydrogen) atoms. The Hall–Kier alpha value is -4.58. The summed E-state index contributed by atoms with van der Waals surface area (Å²) in [7, 11) is 3.14. The Morgan fingerprint density at radius 3 is 1.14 bits per heavy atom. The molecule has 2 N–H and O–H groups in total. The molecule has 0 aliphatic carbocycles. The lowest BCUT2D eigenvalue weighted by atomic mass is 9.86.